The van der Waals surface area contributed by atoms with E-state index in [2.05, 4.69) is 10.2 Å². The third-order valence-corrected chi connectivity index (χ3v) is 7.30. The van der Waals surface area contributed by atoms with Gasteiger partial charge in [-0.2, -0.15) is 0 Å². The summed E-state index contributed by atoms with van der Waals surface area (Å²) in [5.41, 5.74) is 0. The van der Waals surface area contributed by atoms with Gasteiger partial charge in [-0.15, -0.1) is 0 Å². The topological polar surface area (TPSA) is 52.7 Å². The molecule has 126 valence electrons. The van der Waals surface area contributed by atoms with Crippen LogP contribution in [0.3, 0.4) is 0 Å². The number of piperidine rings is 1. The molecule has 0 radical (unpaired) electrons. The Morgan fingerprint density at radius 3 is 2.61 bits per heavy atom. The van der Waals surface area contributed by atoms with Crippen molar-refractivity contribution in [1.82, 2.24) is 15.1 Å². The maximum absolute atomic E-state index is 13.0. The van der Waals surface area contributed by atoms with Gasteiger partial charge >= 0.3 is 0 Å². The van der Waals surface area contributed by atoms with Crippen molar-refractivity contribution in [2.75, 3.05) is 32.7 Å². The predicted octanol–water partition coefficient (Wildman–Crippen LogP) is 0.701. The van der Waals surface area contributed by atoms with Crippen molar-refractivity contribution >= 4 is 11.8 Å². The highest BCUT2D eigenvalue weighted by Crippen LogP contribution is 2.69. The van der Waals surface area contributed by atoms with Crippen molar-refractivity contribution in [2.45, 2.75) is 38.1 Å². The van der Waals surface area contributed by atoms with E-state index in [4.69, 9.17) is 0 Å². The zero-order chi connectivity index (χ0) is 15.6. The van der Waals surface area contributed by atoms with E-state index < -0.39 is 0 Å². The Balaban J connectivity index is 1.25. The summed E-state index contributed by atoms with van der Waals surface area (Å²) in [6.07, 6.45) is 6.23. The van der Waals surface area contributed by atoms with Crippen molar-refractivity contribution in [3.8, 4) is 0 Å². The van der Waals surface area contributed by atoms with E-state index in [0.717, 1.165) is 62.7 Å². The number of rotatable bonds is 2. The second kappa shape index (κ2) is 5.20. The van der Waals surface area contributed by atoms with Crippen LogP contribution in [0.25, 0.3) is 0 Å². The molecular weight excluding hydrogens is 290 g/mol. The first-order valence-corrected chi connectivity index (χ1v) is 9.53. The molecule has 0 aromatic carbocycles. The van der Waals surface area contributed by atoms with Gasteiger partial charge in [0.2, 0.25) is 11.8 Å². The van der Waals surface area contributed by atoms with E-state index in [1.165, 1.54) is 19.3 Å². The van der Waals surface area contributed by atoms with Gasteiger partial charge in [0.05, 0.1) is 6.54 Å². The smallest absolute Gasteiger partial charge is 0.236 e. The zero-order valence-electron chi connectivity index (χ0n) is 13.7. The maximum Gasteiger partial charge on any atom is 0.236 e. The molecule has 3 aliphatic carbocycles. The molecule has 5 aliphatic rings. The van der Waals surface area contributed by atoms with E-state index in [9.17, 15) is 9.59 Å². The van der Waals surface area contributed by atoms with E-state index in [1.54, 1.807) is 0 Å². The number of hydrogen-bond acceptors (Lipinski definition) is 3. The van der Waals surface area contributed by atoms with Crippen LogP contribution >= 0.6 is 0 Å². The van der Waals surface area contributed by atoms with Gasteiger partial charge < -0.3 is 15.1 Å². The molecule has 1 N–H and O–H groups in total. The first-order chi connectivity index (χ1) is 11.2. The summed E-state index contributed by atoms with van der Waals surface area (Å²) in [5.74, 6) is 4.13. The Bertz CT molecular complexity index is 520. The molecule has 2 aliphatic heterocycles. The van der Waals surface area contributed by atoms with Gasteiger partial charge in [-0.3, -0.25) is 9.59 Å². The van der Waals surface area contributed by atoms with Gasteiger partial charge in [0.1, 0.15) is 0 Å². The lowest BCUT2D eigenvalue weighted by Gasteiger charge is -2.41. The summed E-state index contributed by atoms with van der Waals surface area (Å²) in [5, 5.41) is 3.14. The highest BCUT2D eigenvalue weighted by Gasteiger charge is 2.68. The number of carbonyl (C=O) groups is 2. The molecule has 2 amide bonds. The van der Waals surface area contributed by atoms with Crippen molar-refractivity contribution < 1.29 is 9.59 Å². The van der Waals surface area contributed by atoms with Crippen LogP contribution in [0, 0.1) is 29.6 Å². The molecule has 3 saturated carbocycles. The first kappa shape index (κ1) is 14.3. The van der Waals surface area contributed by atoms with E-state index >= 15 is 0 Å². The van der Waals surface area contributed by atoms with Gasteiger partial charge in [0.15, 0.2) is 0 Å². The molecule has 0 aromatic heterocycles. The second-order valence-corrected chi connectivity index (χ2v) is 8.36. The van der Waals surface area contributed by atoms with Crippen LogP contribution in [-0.2, 0) is 9.59 Å². The number of likely N-dealkylation sites (tertiary alicyclic amines) is 1. The number of piperazine rings is 1. The molecule has 0 spiro atoms. The van der Waals surface area contributed by atoms with E-state index in [1.807, 2.05) is 4.90 Å². The van der Waals surface area contributed by atoms with E-state index in [0.29, 0.717) is 18.4 Å². The molecule has 5 fully saturated rings. The number of amides is 2. The van der Waals surface area contributed by atoms with Gasteiger partial charge in [-0.25, -0.2) is 0 Å². The van der Waals surface area contributed by atoms with Crippen LogP contribution in [-0.4, -0.2) is 60.4 Å². The summed E-state index contributed by atoms with van der Waals surface area (Å²) in [6, 6.07) is 0.248. The standard InChI is InChI=1S/C18H27N3O2/c22-14-9-19-5-7-21(14)13-2-1-6-20(10-13)18(23)17-15-11-3-4-12(8-11)16(15)17/h11-13,15-17,19H,1-10H2. The summed E-state index contributed by atoms with van der Waals surface area (Å²) < 4.78 is 0. The highest BCUT2D eigenvalue weighted by atomic mass is 16.2. The Kier molecular flexibility index (Phi) is 3.22. The van der Waals surface area contributed by atoms with Gasteiger partial charge in [-0.1, -0.05) is 0 Å². The molecular formula is C18H27N3O2. The molecule has 23 heavy (non-hydrogen) atoms. The fourth-order valence-corrected chi connectivity index (χ4v) is 6.28. The van der Waals surface area contributed by atoms with Gasteiger partial charge in [0.25, 0.3) is 0 Å². The summed E-state index contributed by atoms with van der Waals surface area (Å²) in [7, 11) is 0. The molecule has 5 unspecified atom stereocenters. The lowest BCUT2D eigenvalue weighted by molar-refractivity contribution is -0.141. The fraction of sp³-hybridized carbons (Fsp3) is 0.889. The average molecular weight is 317 g/mol. The largest absolute Gasteiger partial charge is 0.340 e. The predicted molar refractivity (Wildman–Crippen MR) is 85.5 cm³/mol. The Morgan fingerprint density at radius 1 is 1.09 bits per heavy atom. The zero-order valence-corrected chi connectivity index (χ0v) is 13.7. The lowest BCUT2D eigenvalue weighted by Crippen LogP contribution is -2.57. The van der Waals surface area contributed by atoms with Crippen LogP contribution < -0.4 is 5.32 Å². The third-order valence-electron chi connectivity index (χ3n) is 7.30. The van der Waals surface area contributed by atoms with Crippen molar-refractivity contribution in [3.05, 3.63) is 0 Å². The minimum atomic E-state index is 0.205. The van der Waals surface area contributed by atoms with Crippen molar-refractivity contribution in [1.29, 1.82) is 0 Å². The molecule has 2 saturated heterocycles. The lowest BCUT2D eigenvalue weighted by atomic mass is 9.99. The third kappa shape index (κ3) is 2.15. The summed E-state index contributed by atoms with van der Waals surface area (Å²) >= 11 is 0. The van der Waals surface area contributed by atoms with Crippen LogP contribution in [0.2, 0.25) is 0 Å². The Labute approximate surface area is 137 Å². The summed E-state index contributed by atoms with van der Waals surface area (Å²) in [6.45, 7) is 3.81. The molecule has 0 aromatic rings. The SMILES string of the molecule is O=C(C1C2C3CCC(C3)C12)N1CCCC(N2CCNCC2=O)C1. The van der Waals surface area contributed by atoms with Crippen LogP contribution in [0.5, 0.6) is 0 Å². The van der Waals surface area contributed by atoms with Gasteiger partial charge in [-0.05, 0) is 55.8 Å². The van der Waals surface area contributed by atoms with E-state index in [-0.39, 0.29) is 11.9 Å². The highest BCUT2D eigenvalue weighted by molar-refractivity contribution is 5.83. The first-order valence-electron chi connectivity index (χ1n) is 9.53. The average Bonchev–Trinajstić information content (AvgIpc) is 3.01. The number of nitrogens with one attached hydrogen (secondary N) is 1. The number of carbonyl (C=O) groups excluding carboxylic acids is 2. The number of nitrogens with zero attached hydrogens (tertiary/aromatic N) is 2. The Hall–Kier alpha value is -1.10. The monoisotopic (exact) mass is 317 g/mol. The van der Waals surface area contributed by atoms with Crippen LogP contribution in [0.1, 0.15) is 32.1 Å². The van der Waals surface area contributed by atoms with Crippen molar-refractivity contribution in [3.63, 3.8) is 0 Å². The minimum absolute atomic E-state index is 0.205. The normalized spacial score (nSPS) is 45.3. The fourth-order valence-electron chi connectivity index (χ4n) is 6.28. The Morgan fingerprint density at radius 2 is 1.87 bits per heavy atom. The van der Waals surface area contributed by atoms with Gasteiger partial charge in [0, 0.05) is 38.1 Å². The molecule has 2 bridgehead atoms. The molecule has 5 rings (SSSR count). The summed E-state index contributed by atoms with van der Waals surface area (Å²) in [4.78, 5) is 29.3. The quantitative estimate of drug-likeness (QED) is 0.816. The molecule has 5 heteroatoms. The molecule has 5 atom stereocenters. The maximum atomic E-state index is 13.0. The number of fused-ring (bicyclic) bond motifs is 5. The van der Waals surface area contributed by atoms with Crippen molar-refractivity contribution in [2.24, 2.45) is 29.6 Å². The van der Waals surface area contributed by atoms with Crippen LogP contribution in [0.4, 0.5) is 0 Å². The molecule has 5 nitrogen and oxygen atoms in total. The molecule has 2 heterocycles. The minimum Gasteiger partial charge on any atom is -0.340 e. The number of hydrogen-bond donors (Lipinski definition) is 1. The van der Waals surface area contributed by atoms with Crippen LogP contribution in [0.15, 0.2) is 0 Å². The second-order valence-electron chi connectivity index (χ2n) is 8.36.